The van der Waals surface area contributed by atoms with Crippen LogP contribution in [0.1, 0.15) is 12.8 Å². The number of aromatic nitrogens is 2. The van der Waals surface area contributed by atoms with E-state index < -0.39 is 15.8 Å². The van der Waals surface area contributed by atoms with Gasteiger partial charge in [0.1, 0.15) is 11.6 Å². The number of carbonyl (C=O) groups excluding carboxylic acids is 1. The lowest BCUT2D eigenvalue weighted by Crippen LogP contribution is -2.41. The van der Waals surface area contributed by atoms with Crippen LogP contribution < -0.4 is 14.9 Å². The zero-order valence-electron chi connectivity index (χ0n) is 17.1. The normalized spacial score (nSPS) is 16.4. The molecule has 1 fully saturated rings. The molecule has 32 heavy (non-hydrogen) atoms. The fourth-order valence-corrected chi connectivity index (χ4v) is 4.63. The van der Waals surface area contributed by atoms with Crippen LogP contribution in [0.25, 0.3) is 0 Å². The Bertz CT molecular complexity index is 1190. The predicted octanol–water partition coefficient (Wildman–Crippen LogP) is 3.27. The van der Waals surface area contributed by atoms with Crippen molar-refractivity contribution in [3.8, 4) is 0 Å². The summed E-state index contributed by atoms with van der Waals surface area (Å²) in [5.41, 5.74) is 0.628. The second-order valence-corrected chi connectivity index (χ2v) is 9.16. The van der Waals surface area contributed by atoms with E-state index in [0.717, 1.165) is 31.3 Å². The maximum absolute atomic E-state index is 13.3. The smallest absolute Gasteiger partial charge is 0.261 e. The molecule has 166 valence electrons. The van der Waals surface area contributed by atoms with E-state index >= 15 is 0 Å². The van der Waals surface area contributed by atoms with Crippen LogP contribution >= 0.6 is 0 Å². The van der Waals surface area contributed by atoms with Gasteiger partial charge in [-0.25, -0.2) is 17.8 Å². The van der Waals surface area contributed by atoms with Crippen molar-refractivity contribution in [3.05, 3.63) is 72.9 Å². The number of amides is 1. The van der Waals surface area contributed by atoms with Crippen molar-refractivity contribution >= 4 is 33.1 Å². The summed E-state index contributed by atoms with van der Waals surface area (Å²) < 4.78 is 40.7. The molecule has 2 heterocycles. The second kappa shape index (κ2) is 9.31. The molecule has 1 atom stereocenters. The fraction of sp³-hybridized carbons (Fsp3) is 0.227. The molecule has 0 bridgehead atoms. The van der Waals surface area contributed by atoms with Crippen LogP contribution in [0.15, 0.2) is 72.0 Å². The van der Waals surface area contributed by atoms with Gasteiger partial charge in [0.2, 0.25) is 5.91 Å². The molecule has 1 aliphatic heterocycles. The molecule has 1 amide bonds. The van der Waals surface area contributed by atoms with E-state index in [9.17, 15) is 17.6 Å². The third-order valence-corrected chi connectivity index (χ3v) is 6.57. The minimum absolute atomic E-state index is 0.00579. The third-order valence-electron chi connectivity index (χ3n) is 5.17. The molecule has 8 nitrogen and oxygen atoms in total. The molecule has 1 aliphatic rings. The van der Waals surface area contributed by atoms with E-state index in [1.54, 1.807) is 18.6 Å². The maximum Gasteiger partial charge on any atom is 0.261 e. The van der Waals surface area contributed by atoms with Crippen molar-refractivity contribution in [2.75, 3.05) is 28.0 Å². The first kappa shape index (κ1) is 21.7. The van der Waals surface area contributed by atoms with Crippen molar-refractivity contribution in [1.29, 1.82) is 0 Å². The second-order valence-electron chi connectivity index (χ2n) is 7.48. The number of carbonyl (C=O) groups is 1. The number of benzene rings is 2. The van der Waals surface area contributed by atoms with Gasteiger partial charge < -0.3 is 10.2 Å². The highest BCUT2D eigenvalue weighted by atomic mass is 32.2. The van der Waals surface area contributed by atoms with Gasteiger partial charge >= 0.3 is 0 Å². The molecule has 4 rings (SSSR count). The summed E-state index contributed by atoms with van der Waals surface area (Å²) in [6.07, 6.45) is 6.52. The molecule has 1 unspecified atom stereocenters. The Morgan fingerprint density at radius 1 is 1.09 bits per heavy atom. The summed E-state index contributed by atoms with van der Waals surface area (Å²) in [7, 11) is -3.88. The van der Waals surface area contributed by atoms with E-state index in [0.29, 0.717) is 12.2 Å². The van der Waals surface area contributed by atoms with Gasteiger partial charge in [0.15, 0.2) is 0 Å². The van der Waals surface area contributed by atoms with Gasteiger partial charge in [0.05, 0.1) is 22.7 Å². The van der Waals surface area contributed by atoms with Crippen LogP contribution in [-0.4, -0.2) is 37.4 Å². The van der Waals surface area contributed by atoms with Crippen LogP contribution in [0.3, 0.4) is 0 Å². The molecule has 2 aromatic carbocycles. The number of piperidine rings is 1. The maximum atomic E-state index is 13.3. The van der Waals surface area contributed by atoms with E-state index in [1.807, 2.05) is 4.90 Å². The molecule has 2 N–H and O–H groups in total. The number of rotatable bonds is 6. The number of nitrogens with zero attached hydrogens (tertiary/aromatic N) is 3. The van der Waals surface area contributed by atoms with Crippen LogP contribution in [0.4, 0.5) is 21.6 Å². The Hall–Kier alpha value is -3.53. The average molecular weight is 456 g/mol. The molecule has 0 radical (unpaired) electrons. The lowest BCUT2D eigenvalue weighted by Gasteiger charge is -2.32. The van der Waals surface area contributed by atoms with E-state index in [1.165, 1.54) is 42.5 Å². The van der Waals surface area contributed by atoms with Crippen molar-refractivity contribution in [3.63, 3.8) is 0 Å². The highest BCUT2D eigenvalue weighted by molar-refractivity contribution is 7.92. The minimum atomic E-state index is -3.88. The van der Waals surface area contributed by atoms with Crippen molar-refractivity contribution < 1.29 is 17.6 Å². The van der Waals surface area contributed by atoms with E-state index in [-0.39, 0.29) is 22.4 Å². The fourth-order valence-electron chi connectivity index (χ4n) is 3.58. The summed E-state index contributed by atoms with van der Waals surface area (Å²) in [6.45, 7) is 1.35. The molecule has 3 aromatic rings. The first-order chi connectivity index (χ1) is 15.4. The highest BCUT2D eigenvalue weighted by Gasteiger charge is 2.27. The number of sulfonamides is 1. The van der Waals surface area contributed by atoms with Crippen LogP contribution in [-0.2, 0) is 14.8 Å². The summed E-state index contributed by atoms with van der Waals surface area (Å²) in [4.78, 5) is 23.2. The van der Waals surface area contributed by atoms with Gasteiger partial charge in [-0.1, -0.05) is 6.07 Å². The lowest BCUT2D eigenvalue weighted by atomic mass is 9.97. The third kappa shape index (κ3) is 5.20. The van der Waals surface area contributed by atoms with Gasteiger partial charge in [0, 0.05) is 31.2 Å². The predicted molar refractivity (Wildman–Crippen MR) is 119 cm³/mol. The SMILES string of the molecule is O=C(Nc1ccc(S(=O)(=O)Nc2cccc(F)c2)cc1)C1CCCN(c2cnccn2)C1. The Balaban J connectivity index is 1.39. The zero-order valence-corrected chi connectivity index (χ0v) is 17.9. The molecular formula is C22H22FN5O3S. The van der Waals surface area contributed by atoms with E-state index in [4.69, 9.17) is 0 Å². The quantitative estimate of drug-likeness (QED) is 0.591. The lowest BCUT2D eigenvalue weighted by molar-refractivity contribution is -0.120. The first-order valence-electron chi connectivity index (χ1n) is 10.1. The van der Waals surface area contributed by atoms with Gasteiger partial charge in [-0.05, 0) is 55.3 Å². The van der Waals surface area contributed by atoms with Gasteiger partial charge in [-0.15, -0.1) is 0 Å². The number of hydrogen-bond donors (Lipinski definition) is 2. The van der Waals surface area contributed by atoms with Crippen LogP contribution in [0.5, 0.6) is 0 Å². The molecule has 0 saturated carbocycles. The van der Waals surface area contributed by atoms with Crippen molar-refractivity contribution in [2.45, 2.75) is 17.7 Å². The van der Waals surface area contributed by atoms with E-state index in [2.05, 4.69) is 20.0 Å². The monoisotopic (exact) mass is 455 g/mol. The zero-order chi connectivity index (χ0) is 22.6. The first-order valence-corrected chi connectivity index (χ1v) is 11.6. The highest BCUT2D eigenvalue weighted by Crippen LogP contribution is 2.23. The molecular weight excluding hydrogens is 433 g/mol. The summed E-state index contributed by atoms with van der Waals surface area (Å²) in [5, 5.41) is 2.85. The largest absolute Gasteiger partial charge is 0.355 e. The number of hydrogen-bond acceptors (Lipinski definition) is 6. The Kier molecular flexibility index (Phi) is 6.31. The topological polar surface area (TPSA) is 104 Å². The number of anilines is 3. The standard InChI is InChI=1S/C22H22FN5O3S/c23-17-4-1-5-19(13-17)27-32(30,31)20-8-6-18(7-9-20)26-22(29)16-3-2-12-28(15-16)21-14-24-10-11-25-21/h1,4-11,13-14,16,27H,2-3,12,15H2,(H,26,29). The number of nitrogens with one attached hydrogen (secondary N) is 2. The molecule has 0 spiro atoms. The summed E-state index contributed by atoms with van der Waals surface area (Å²) in [6, 6.07) is 11.1. The number of halogens is 1. The average Bonchev–Trinajstić information content (AvgIpc) is 2.80. The summed E-state index contributed by atoms with van der Waals surface area (Å²) in [5.74, 6) is -0.148. The van der Waals surface area contributed by atoms with Crippen molar-refractivity contribution in [1.82, 2.24) is 9.97 Å². The Morgan fingerprint density at radius 3 is 2.62 bits per heavy atom. The molecule has 1 aromatic heterocycles. The molecule has 10 heteroatoms. The van der Waals surface area contributed by atoms with Crippen LogP contribution in [0, 0.1) is 11.7 Å². The molecule has 1 saturated heterocycles. The van der Waals surface area contributed by atoms with Gasteiger partial charge in [-0.3, -0.25) is 14.5 Å². The van der Waals surface area contributed by atoms with Gasteiger partial charge in [-0.2, -0.15) is 0 Å². The van der Waals surface area contributed by atoms with Gasteiger partial charge in [0.25, 0.3) is 10.0 Å². The summed E-state index contributed by atoms with van der Waals surface area (Å²) >= 11 is 0. The minimum Gasteiger partial charge on any atom is -0.355 e. The van der Waals surface area contributed by atoms with Crippen LogP contribution in [0.2, 0.25) is 0 Å². The molecule has 0 aliphatic carbocycles. The Morgan fingerprint density at radius 2 is 1.91 bits per heavy atom. The Labute approximate surface area is 185 Å². The van der Waals surface area contributed by atoms with Crippen molar-refractivity contribution in [2.24, 2.45) is 5.92 Å².